The van der Waals surface area contributed by atoms with E-state index in [9.17, 15) is 19.5 Å². The Morgan fingerprint density at radius 2 is 1.70 bits per heavy atom. The number of halogens is 2. The number of benzene rings is 1. The monoisotopic (exact) mass is 584 g/mol. The number of Topliss-reactive ketones (excluding diaryl/α,β-unsaturated/α-hetero) is 1. The van der Waals surface area contributed by atoms with E-state index in [4.69, 9.17) is 27.9 Å². The lowest BCUT2D eigenvalue weighted by Gasteiger charge is -2.34. The van der Waals surface area contributed by atoms with E-state index >= 15 is 0 Å². The number of para-hydroxylation sites is 1. The number of aromatic nitrogens is 3. The van der Waals surface area contributed by atoms with Gasteiger partial charge in [0.15, 0.2) is 5.78 Å². The van der Waals surface area contributed by atoms with Crippen molar-refractivity contribution < 1.29 is 24.2 Å². The fourth-order valence-electron chi connectivity index (χ4n) is 5.71. The van der Waals surface area contributed by atoms with Crippen LogP contribution in [0.15, 0.2) is 48.9 Å². The van der Waals surface area contributed by atoms with Gasteiger partial charge in [0, 0.05) is 24.5 Å². The molecule has 0 spiro atoms. The Morgan fingerprint density at radius 3 is 2.33 bits per heavy atom. The van der Waals surface area contributed by atoms with Gasteiger partial charge in [0.25, 0.3) is 5.91 Å². The van der Waals surface area contributed by atoms with Gasteiger partial charge < -0.3 is 14.7 Å². The van der Waals surface area contributed by atoms with E-state index in [2.05, 4.69) is 10.1 Å². The first-order chi connectivity index (χ1) is 19.1. The van der Waals surface area contributed by atoms with Crippen molar-refractivity contribution in [3.8, 4) is 5.75 Å². The first kappa shape index (κ1) is 28.1. The molecule has 0 radical (unpaired) electrons. The number of hydrogen-bond donors (Lipinski definition) is 1. The van der Waals surface area contributed by atoms with E-state index in [1.54, 1.807) is 6.92 Å². The molecule has 1 saturated carbocycles. The van der Waals surface area contributed by atoms with Crippen molar-refractivity contribution in [2.24, 2.45) is 5.41 Å². The number of ketones is 1. The Hall–Kier alpha value is -3.43. The number of carbonyl (C=O) groups is 3. The molecule has 210 valence electrons. The van der Waals surface area contributed by atoms with Gasteiger partial charge in [-0.2, -0.15) is 5.10 Å². The van der Waals surface area contributed by atoms with Crippen molar-refractivity contribution >= 4 is 40.9 Å². The molecule has 1 aliphatic carbocycles. The molecule has 40 heavy (non-hydrogen) atoms. The number of carbonyl (C=O) groups excluding carboxylic acids is 2. The summed E-state index contributed by atoms with van der Waals surface area (Å²) < 4.78 is 7.96. The second kappa shape index (κ2) is 11.2. The average Bonchev–Trinajstić information content (AvgIpc) is 3.53. The molecule has 2 aliphatic rings. The zero-order valence-electron chi connectivity index (χ0n) is 22.2. The van der Waals surface area contributed by atoms with Crippen LogP contribution in [-0.4, -0.2) is 61.1 Å². The van der Waals surface area contributed by atoms with E-state index in [0.717, 1.165) is 0 Å². The molecule has 5 rings (SSSR count). The highest BCUT2D eigenvalue weighted by Crippen LogP contribution is 2.41. The number of hydrogen-bond acceptors (Lipinski definition) is 6. The molecule has 9 nitrogen and oxygen atoms in total. The van der Waals surface area contributed by atoms with Gasteiger partial charge in [-0.05, 0) is 51.7 Å². The predicted molar refractivity (Wildman–Crippen MR) is 149 cm³/mol. The Kier molecular flexibility index (Phi) is 7.88. The SMILES string of the molecule is Cc1c(C(=O)N2C[C@@H](Oc3ccccc3)C[C@@H]2C(=O)c2c(Cl)cncc2Cl)cnn1[C@H]1CC[C@](C)(C(=O)O)CC1. The number of carboxylic acid groups (broad SMARTS) is 1. The lowest BCUT2D eigenvalue weighted by Crippen LogP contribution is -2.41. The van der Waals surface area contributed by atoms with Crippen LogP contribution in [0.25, 0.3) is 0 Å². The molecule has 1 N–H and O–H groups in total. The molecular weight excluding hydrogens is 555 g/mol. The second-order valence-corrected chi connectivity index (χ2v) is 11.6. The lowest BCUT2D eigenvalue weighted by atomic mass is 9.74. The summed E-state index contributed by atoms with van der Waals surface area (Å²) in [6, 6.07) is 8.38. The topological polar surface area (TPSA) is 115 Å². The molecule has 0 bridgehead atoms. The Morgan fingerprint density at radius 1 is 1.05 bits per heavy atom. The number of pyridine rings is 1. The van der Waals surface area contributed by atoms with Gasteiger partial charge in [0.05, 0.1) is 51.4 Å². The molecule has 1 aliphatic heterocycles. The van der Waals surface area contributed by atoms with Crippen LogP contribution in [0.4, 0.5) is 0 Å². The molecule has 1 aromatic carbocycles. The molecule has 1 amide bonds. The summed E-state index contributed by atoms with van der Waals surface area (Å²) in [6.07, 6.45) is 6.43. The normalized spacial score (nSPS) is 24.6. The maximum Gasteiger partial charge on any atom is 0.309 e. The van der Waals surface area contributed by atoms with Gasteiger partial charge in [-0.1, -0.05) is 41.4 Å². The second-order valence-electron chi connectivity index (χ2n) is 10.8. The molecule has 2 fully saturated rings. The summed E-state index contributed by atoms with van der Waals surface area (Å²) in [5, 5.41) is 14.3. The summed E-state index contributed by atoms with van der Waals surface area (Å²) in [7, 11) is 0. The molecule has 3 heterocycles. The third-order valence-corrected chi connectivity index (χ3v) is 8.74. The maximum atomic E-state index is 14.0. The highest BCUT2D eigenvalue weighted by Gasteiger charge is 2.44. The zero-order chi connectivity index (χ0) is 28.6. The number of aliphatic carboxylic acids is 1. The summed E-state index contributed by atoms with van der Waals surface area (Å²) in [6.45, 7) is 3.79. The first-order valence-corrected chi connectivity index (χ1v) is 14.0. The largest absolute Gasteiger partial charge is 0.488 e. The van der Waals surface area contributed by atoms with Gasteiger partial charge in [0.1, 0.15) is 11.9 Å². The minimum Gasteiger partial charge on any atom is -0.488 e. The summed E-state index contributed by atoms with van der Waals surface area (Å²) in [4.78, 5) is 44.9. The fourth-order valence-corrected chi connectivity index (χ4v) is 6.27. The highest BCUT2D eigenvalue weighted by atomic mass is 35.5. The number of ether oxygens (including phenoxy) is 1. The summed E-state index contributed by atoms with van der Waals surface area (Å²) in [5.74, 6) is -0.864. The van der Waals surface area contributed by atoms with E-state index in [0.29, 0.717) is 42.7 Å². The highest BCUT2D eigenvalue weighted by molar-refractivity contribution is 6.40. The Bertz CT molecular complexity index is 1420. The first-order valence-electron chi connectivity index (χ1n) is 13.2. The van der Waals surface area contributed by atoms with Gasteiger partial charge in [-0.3, -0.25) is 24.0 Å². The molecule has 3 aromatic rings. The van der Waals surface area contributed by atoms with Crippen molar-refractivity contribution in [2.45, 2.75) is 64.1 Å². The minimum atomic E-state index is -0.854. The number of likely N-dealkylation sites (tertiary alicyclic amines) is 1. The minimum absolute atomic E-state index is 0.00595. The lowest BCUT2D eigenvalue weighted by molar-refractivity contribution is -0.150. The Balaban J connectivity index is 1.41. The standard InChI is InChI=1S/C29H30Cl2N4O5/c1-17-21(13-33-35(17)18-8-10-29(2,11-9-18)28(38)39)27(37)34-16-20(40-19-6-4-3-5-7-19)12-24(34)26(36)25-22(30)14-32-15-23(25)31/h3-7,13-15,18,20,24H,8-12,16H2,1-2H3,(H,38,39)/t18-,20-,24+,29-/m0/s1. The number of nitrogens with zero attached hydrogens (tertiary/aromatic N) is 4. The van der Waals surface area contributed by atoms with Crippen LogP contribution in [0.3, 0.4) is 0 Å². The van der Waals surface area contributed by atoms with Crippen molar-refractivity contribution in [3.63, 3.8) is 0 Å². The molecule has 0 unspecified atom stereocenters. The van der Waals surface area contributed by atoms with Crippen molar-refractivity contribution in [3.05, 3.63) is 75.8 Å². The maximum absolute atomic E-state index is 14.0. The Labute approximate surface area is 242 Å². The number of rotatable bonds is 7. The van der Waals surface area contributed by atoms with Gasteiger partial charge in [-0.15, -0.1) is 0 Å². The molecular formula is C29H30Cl2N4O5. The summed E-state index contributed by atoms with van der Waals surface area (Å²) >= 11 is 12.6. The predicted octanol–water partition coefficient (Wildman–Crippen LogP) is 5.64. The van der Waals surface area contributed by atoms with Crippen LogP contribution in [0, 0.1) is 12.3 Å². The van der Waals surface area contributed by atoms with Crippen LogP contribution in [0.2, 0.25) is 10.0 Å². The van der Waals surface area contributed by atoms with E-state index in [-0.39, 0.29) is 46.3 Å². The van der Waals surface area contributed by atoms with Crippen molar-refractivity contribution in [1.82, 2.24) is 19.7 Å². The third kappa shape index (κ3) is 5.32. The summed E-state index contributed by atoms with van der Waals surface area (Å²) in [5.41, 5.74) is 0.435. The van der Waals surface area contributed by atoms with Crippen LogP contribution < -0.4 is 4.74 Å². The van der Waals surface area contributed by atoms with Gasteiger partial charge >= 0.3 is 5.97 Å². The van der Waals surface area contributed by atoms with Crippen molar-refractivity contribution in [2.75, 3.05) is 6.54 Å². The van der Waals surface area contributed by atoms with Crippen LogP contribution in [-0.2, 0) is 4.79 Å². The number of carboxylic acids is 1. The molecule has 2 atom stereocenters. The van der Waals surface area contributed by atoms with Gasteiger partial charge in [-0.25, -0.2) is 0 Å². The number of amides is 1. The van der Waals surface area contributed by atoms with E-state index in [1.807, 2.05) is 41.9 Å². The fraction of sp³-hybridized carbons (Fsp3) is 0.414. The zero-order valence-corrected chi connectivity index (χ0v) is 23.7. The van der Waals surface area contributed by atoms with E-state index in [1.165, 1.54) is 23.5 Å². The van der Waals surface area contributed by atoms with Gasteiger partial charge in [0.2, 0.25) is 0 Å². The van der Waals surface area contributed by atoms with Crippen molar-refractivity contribution in [1.29, 1.82) is 0 Å². The van der Waals surface area contributed by atoms with Crippen LogP contribution in [0.1, 0.15) is 71.5 Å². The molecule has 1 saturated heterocycles. The average molecular weight is 585 g/mol. The molecule has 11 heteroatoms. The van der Waals surface area contributed by atoms with Crippen LogP contribution in [0.5, 0.6) is 5.75 Å². The third-order valence-electron chi connectivity index (χ3n) is 8.17. The molecule has 2 aromatic heterocycles. The smallest absolute Gasteiger partial charge is 0.309 e. The van der Waals surface area contributed by atoms with E-state index < -0.39 is 23.5 Å². The van der Waals surface area contributed by atoms with Crippen LogP contribution >= 0.6 is 23.2 Å². The quantitative estimate of drug-likeness (QED) is 0.357.